The van der Waals surface area contributed by atoms with Crippen LogP contribution in [0.1, 0.15) is 16.7 Å². The van der Waals surface area contributed by atoms with Crippen molar-refractivity contribution in [1.29, 1.82) is 0 Å². The fourth-order valence-electron chi connectivity index (χ4n) is 2.95. The van der Waals surface area contributed by atoms with Gasteiger partial charge in [0.05, 0.1) is 11.4 Å². The summed E-state index contributed by atoms with van der Waals surface area (Å²) >= 11 is 6.66. The number of carbonyl (C=O) groups is 1. The van der Waals surface area contributed by atoms with Gasteiger partial charge in [-0.05, 0) is 29.8 Å². The summed E-state index contributed by atoms with van der Waals surface area (Å²) in [7, 11) is 0. The molecule has 4 rings (SSSR count). The van der Waals surface area contributed by atoms with Crippen molar-refractivity contribution in [2.45, 2.75) is 13.2 Å². The van der Waals surface area contributed by atoms with Crippen molar-refractivity contribution >= 4 is 40.3 Å². The number of pyridine rings is 1. The number of thioether (sulfide) groups is 1. The first kappa shape index (κ1) is 20.3. The lowest BCUT2D eigenvalue weighted by Gasteiger charge is -2.14. The Morgan fingerprint density at radius 3 is 2.70 bits per heavy atom. The van der Waals surface area contributed by atoms with Crippen molar-refractivity contribution in [3.63, 3.8) is 0 Å². The SMILES string of the molecule is O=C1C(=Cc2ccccc2OCc2ccccc2F)SC(=S)N1Cc1cccnc1. The van der Waals surface area contributed by atoms with Crippen LogP contribution in [-0.4, -0.2) is 20.1 Å². The van der Waals surface area contributed by atoms with Crippen LogP contribution >= 0.6 is 24.0 Å². The highest BCUT2D eigenvalue weighted by Crippen LogP contribution is 2.35. The van der Waals surface area contributed by atoms with Crippen molar-refractivity contribution < 1.29 is 13.9 Å². The number of amides is 1. The molecule has 150 valence electrons. The van der Waals surface area contributed by atoms with E-state index in [9.17, 15) is 9.18 Å². The molecule has 1 saturated heterocycles. The van der Waals surface area contributed by atoms with E-state index >= 15 is 0 Å². The minimum atomic E-state index is -0.314. The Morgan fingerprint density at radius 1 is 1.10 bits per heavy atom. The highest BCUT2D eigenvalue weighted by atomic mass is 32.2. The highest BCUT2D eigenvalue weighted by Gasteiger charge is 2.32. The number of hydrogen-bond donors (Lipinski definition) is 0. The normalized spacial score (nSPS) is 15.1. The lowest BCUT2D eigenvalue weighted by molar-refractivity contribution is -0.122. The van der Waals surface area contributed by atoms with Crippen molar-refractivity contribution in [3.8, 4) is 5.75 Å². The van der Waals surface area contributed by atoms with Gasteiger partial charge in [-0.1, -0.05) is 66.4 Å². The molecule has 0 atom stereocenters. The van der Waals surface area contributed by atoms with Gasteiger partial charge in [-0.25, -0.2) is 4.39 Å². The number of carbonyl (C=O) groups excluding carboxylic acids is 1. The van der Waals surface area contributed by atoms with E-state index in [1.807, 2.05) is 30.3 Å². The second-order valence-electron chi connectivity index (χ2n) is 6.55. The van der Waals surface area contributed by atoms with E-state index in [1.54, 1.807) is 47.6 Å². The fourth-order valence-corrected chi connectivity index (χ4v) is 4.20. The van der Waals surface area contributed by atoms with Crippen LogP contribution in [0, 0.1) is 5.82 Å². The third-order valence-corrected chi connectivity index (χ3v) is 5.86. The van der Waals surface area contributed by atoms with E-state index in [0.717, 1.165) is 11.1 Å². The van der Waals surface area contributed by atoms with Crippen LogP contribution in [0.15, 0.2) is 78.0 Å². The van der Waals surface area contributed by atoms with Gasteiger partial charge in [-0.2, -0.15) is 0 Å². The molecule has 2 aromatic carbocycles. The molecular formula is C23H17FN2O2S2. The number of rotatable bonds is 6. The topological polar surface area (TPSA) is 42.4 Å². The zero-order valence-electron chi connectivity index (χ0n) is 15.8. The molecule has 3 aromatic rings. The quantitative estimate of drug-likeness (QED) is 0.392. The van der Waals surface area contributed by atoms with Crippen LogP contribution < -0.4 is 4.74 Å². The van der Waals surface area contributed by atoms with Gasteiger partial charge in [0, 0.05) is 23.5 Å². The lowest BCUT2D eigenvalue weighted by atomic mass is 10.1. The lowest BCUT2D eigenvalue weighted by Crippen LogP contribution is -2.27. The van der Waals surface area contributed by atoms with Crippen molar-refractivity contribution in [3.05, 3.63) is 100 Å². The van der Waals surface area contributed by atoms with E-state index in [1.165, 1.54) is 17.8 Å². The number of hydrogen-bond acceptors (Lipinski definition) is 5. The standard InChI is InChI=1S/C23H17FN2O2S2/c24-19-9-3-1-8-18(19)15-28-20-10-4-2-7-17(20)12-21-22(27)26(23(29)30-21)14-16-6-5-11-25-13-16/h1-13H,14-15H2. The summed E-state index contributed by atoms with van der Waals surface area (Å²) in [6.07, 6.45) is 5.17. The molecule has 1 aromatic heterocycles. The molecule has 7 heteroatoms. The van der Waals surface area contributed by atoms with Crippen molar-refractivity contribution in [2.75, 3.05) is 0 Å². The minimum Gasteiger partial charge on any atom is -0.488 e. The Morgan fingerprint density at radius 2 is 1.90 bits per heavy atom. The maximum Gasteiger partial charge on any atom is 0.266 e. The molecule has 0 unspecified atom stereocenters. The van der Waals surface area contributed by atoms with Crippen LogP contribution in [0.25, 0.3) is 6.08 Å². The van der Waals surface area contributed by atoms with Gasteiger partial charge in [-0.15, -0.1) is 0 Å². The molecule has 0 spiro atoms. The molecule has 0 aliphatic carbocycles. The number of aromatic nitrogens is 1. The summed E-state index contributed by atoms with van der Waals surface area (Å²) in [5.41, 5.74) is 2.11. The van der Waals surface area contributed by atoms with E-state index < -0.39 is 0 Å². The van der Waals surface area contributed by atoms with Gasteiger partial charge in [0.15, 0.2) is 0 Å². The van der Waals surface area contributed by atoms with Gasteiger partial charge >= 0.3 is 0 Å². The summed E-state index contributed by atoms with van der Waals surface area (Å²) < 4.78 is 20.2. The molecule has 30 heavy (non-hydrogen) atoms. The summed E-state index contributed by atoms with van der Waals surface area (Å²) in [4.78, 5) is 19.1. The van der Waals surface area contributed by atoms with Crippen LogP contribution in [0.3, 0.4) is 0 Å². The van der Waals surface area contributed by atoms with Gasteiger partial charge in [0.25, 0.3) is 5.91 Å². The second-order valence-corrected chi connectivity index (χ2v) is 8.22. The molecule has 1 aliphatic heterocycles. The molecule has 1 aliphatic rings. The number of ether oxygens (including phenoxy) is 1. The molecule has 0 radical (unpaired) electrons. The Kier molecular flexibility index (Phi) is 6.21. The monoisotopic (exact) mass is 436 g/mol. The second kappa shape index (κ2) is 9.19. The van der Waals surface area contributed by atoms with E-state index in [0.29, 0.717) is 27.1 Å². The van der Waals surface area contributed by atoms with Gasteiger partial charge in [0.1, 0.15) is 22.5 Å². The molecule has 1 fully saturated rings. The average Bonchev–Trinajstić information content (AvgIpc) is 3.02. The molecular weight excluding hydrogens is 419 g/mol. The predicted molar refractivity (Wildman–Crippen MR) is 120 cm³/mol. The van der Waals surface area contributed by atoms with Gasteiger partial charge < -0.3 is 4.74 Å². The van der Waals surface area contributed by atoms with E-state index in [4.69, 9.17) is 17.0 Å². The number of benzene rings is 2. The summed E-state index contributed by atoms with van der Waals surface area (Å²) in [5, 5.41) is 0. The first-order valence-electron chi connectivity index (χ1n) is 9.21. The predicted octanol–water partition coefficient (Wildman–Crippen LogP) is 5.20. The van der Waals surface area contributed by atoms with E-state index in [-0.39, 0.29) is 18.3 Å². The smallest absolute Gasteiger partial charge is 0.266 e. The maximum absolute atomic E-state index is 13.9. The summed E-state index contributed by atoms with van der Waals surface area (Å²) in [6.45, 7) is 0.473. The molecule has 0 saturated carbocycles. The van der Waals surface area contributed by atoms with Crippen LogP contribution in [0.2, 0.25) is 0 Å². The molecule has 2 heterocycles. The summed E-state index contributed by atoms with van der Waals surface area (Å²) in [6, 6.07) is 17.6. The Labute approximate surface area is 183 Å². The molecule has 1 amide bonds. The minimum absolute atomic E-state index is 0.0967. The Hall–Kier alpha value is -3.03. The highest BCUT2D eigenvalue weighted by molar-refractivity contribution is 8.26. The Bertz CT molecular complexity index is 1120. The maximum atomic E-state index is 13.9. The van der Waals surface area contributed by atoms with Gasteiger partial charge in [-0.3, -0.25) is 14.7 Å². The van der Waals surface area contributed by atoms with E-state index in [2.05, 4.69) is 4.98 Å². The number of para-hydroxylation sites is 1. The number of nitrogens with zero attached hydrogens (tertiary/aromatic N) is 2. The number of halogens is 1. The van der Waals surface area contributed by atoms with Crippen LogP contribution in [-0.2, 0) is 17.9 Å². The summed E-state index contributed by atoms with van der Waals surface area (Å²) in [5.74, 6) is 0.0993. The largest absolute Gasteiger partial charge is 0.488 e. The fraction of sp³-hybridized carbons (Fsp3) is 0.0870. The first-order chi connectivity index (χ1) is 14.6. The third-order valence-electron chi connectivity index (χ3n) is 4.48. The molecule has 0 bridgehead atoms. The zero-order valence-corrected chi connectivity index (χ0v) is 17.5. The zero-order chi connectivity index (χ0) is 20.9. The number of thiocarbonyl (C=S) groups is 1. The molecule has 0 N–H and O–H groups in total. The van der Waals surface area contributed by atoms with Crippen molar-refractivity contribution in [2.24, 2.45) is 0 Å². The van der Waals surface area contributed by atoms with Gasteiger partial charge in [0.2, 0.25) is 0 Å². The van der Waals surface area contributed by atoms with Crippen LogP contribution in [0.4, 0.5) is 4.39 Å². The average molecular weight is 437 g/mol. The van der Waals surface area contributed by atoms with Crippen molar-refractivity contribution in [1.82, 2.24) is 9.88 Å². The Balaban J connectivity index is 1.53. The molecule has 4 nitrogen and oxygen atoms in total. The first-order valence-corrected chi connectivity index (χ1v) is 10.4. The third kappa shape index (κ3) is 4.58. The van der Waals surface area contributed by atoms with Crippen LogP contribution in [0.5, 0.6) is 5.75 Å².